The molecule has 0 rings (SSSR count). The zero-order chi connectivity index (χ0) is 41.7. The highest BCUT2D eigenvalue weighted by molar-refractivity contribution is 5.71. The largest absolute Gasteiger partial charge is 0.462 e. The number of ether oxygens (including phenoxy) is 3. The van der Waals surface area contributed by atoms with Crippen LogP contribution in [0.2, 0.25) is 0 Å². The predicted octanol–water partition coefficient (Wildman–Crippen LogP) is 16.3. The molecule has 0 fully saturated rings. The van der Waals surface area contributed by atoms with E-state index in [0.29, 0.717) is 19.3 Å². The molecule has 0 amide bonds. The van der Waals surface area contributed by atoms with Crippen molar-refractivity contribution in [2.75, 3.05) is 13.2 Å². The predicted molar refractivity (Wildman–Crippen MR) is 243 cm³/mol. The minimum absolute atomic E-state index is 0.0635. The molecule has 0 aliphatic rings. The molecule has 0 saturated heterocycles. The van der Waals surface area contributed by atoms with Gasteiger partial charge in [0.05, 0.1) is 0 Å². The first kappa shape index (κ1) is 55.4. The molecule has 6 heteroatoms. The average molecular weight is 807 g/mol. The monoisotopic (exact) mass is 807 g/mol. The Bertz CT molecular complexity index is 859. The third-order valence-electron chi connectivity index (χ3n) is 11.9. The van der Waals surface area contributed by atoms with Crippen LogP contribution in [0.3, 0.4) is 0 Å². The van der Waals surface area contributed by atoms with Gasteiger partial charge in [-0.1, -0.05) is 246 Å². The van der Waals surface area contributed by atoms with Crippen molar-refractivity contribution in [1.29, 1.82) is 0 Å². The fourth-order valence-corrected chi connectivity index (χ4v) is 7.66. The molecule has 0 aromatic carbocycles. The molecule has 57 heavy (non-hydrogen) atoms. The van der Waals surface area contributed by atoms with E-state index in [1.54, 1.807) is 0 Å². The smallest absolute Gasteiger partial charge is 0.306 e. The van der Waals surface area contributed by atoms with E-state index in [-0.39, 0.29) is 31.1 Å². The molecule has 0 aliphatic carbocycles. The van der Waals surface area contributed by atoms with E-state index in [0.717, 1.165) is 63.7 Å². The minimum atomic E-state index is -0.760. The number of rotatable bonds is 46. The van der Waals surface area contributed by atoms with Gasteiger partial charge >= 0.3 is 17.9 Å². The Kier molecular flexibility index (Phi) is 44.2. The lowest BCUT2D eigenvalue weighted by atomic mass is 10.00. The zero-order valence-corrected chi connectivity index (χ0v) is 38.8. The van der Waals surface area contributed by atoms with Crippen LogP contribution in [0, 0.1) is 5.92 Å². The SMILES string of the molecule is CCCCCCCCCCCCCCCCCCC(=O)OC[C@H](COC(=O)CCCCCCCCC(C)CC)OC(=O)CCCCCCCCCCCCCCC. The van der Waals surface area contributed by atoms with Crippen LogP contribution in [0.5, 0.6) is 0 Å². The van der Waals surface area contributed by atoms with Gasteiger partial charge in [0.15, 0.2) is 6.10 Å². The lowest BCUT2D eigenvalue weighted by Gasteiger charge is -2.18. The molecule has 0 spiro atoms. The third kappa shape index (κ3) is 43.8. The van der Waals surface area contributed by atoms with Gasteiger partial charge in [-0.25, -0.2) is 0 Å². The Morgan fingerprint density at radius 1 is 0.351 bits per heavy atom. The van der Waals surface area contributed by atoms with Crippen LogP contribution in [0.25, 0.3) is 0 Å². The second-order valence-electron chi connectivity index (χ2n) is 17.7. The maximum atomic E-state index is 12.8. The Labute approximate surface area is 355 Å². The van der Waals surface area contributed by atoms with E-state index in [4.69, 9.17) is 14.2 Å². The van der Waals surface area contributed by atoms with Gasteiger partial charge in [0.1, 0.15) is 13.2 Å². The number of carbonyl (C=O) groups is 3. The summed E-state index contributed by atoms with van der Waals surface area (Å²) >= 11 is 0. The topological polar surface area (TPSA) is 78.9 Å². The zero-order valence-electron chi connectivity index (χ0n) is 38.8. The molecule has 0 radical (unpaired) electrons. The molecule has 2 atom stereocenters. The molecule has 0 aromatic rings. The van der Waals surface area contributed by atoms with E-state index >= 15 is 0 Å². The van der Waals surface area contributed by atoms with Crippen LogP contribution >= 0.6 is 0 Å². The molecular formula is C51H98O6. The van der Waals surface area contributed by atoms with Gasteiger partial charge in [0.2, 0.25) is 0 Å². The van der Waals surface area contributed by atoms with Crippen LogP contribution in [0.4, 0.5) is 0 Å². The van der Waals surface area contributed by atoms with Gasteiger partial charge in [-0.15, -0.1) is 0 Å². The molecule has 338 valence electrons. The van der Waals surface area contributed by atoms with Crippen molar-refractivity contribution >= 4 is 17.9 Å². The summed E-state index contributed by atoms with van der Waals surface area (Å²) in [4.78, 5) is 37.9. The summed E-state index contributed by atoms with van der Waals surface area (Å²) in [6.07, 6.45) is 46.6. The first-order valence-electron chi connectivity index (χ1n) is 25.4. The van der Waals surface area contributed by atoms with Crippen LogP contribution in [0.1, 0.15) is 285 Å². The Morgan fingerprint density at radius 3 is 0.912 bits per heavy atom. The number of hydrogen-bond acceptors (Lipinski definition) is 6. The summed E-state index contributed by atoms with van der Waals surface area (Å²) in [6, 6.07) is 0. The van der Waals surface area contributed by atoms with Gasteiger partial charge in [-0.3, -0.25) is 14.4 Å². The van der Waals surface area contributed by atoms with E-state index in [9.17, 15) is 14.4 Å². The van der Waals surface area contributed by atoms with Crippen molar-refractivity contribution in [3.63, 3.8) is 0 Å². The summed E-state index contributed by atoms with van der Waals surface area (Å²) in [7, 11) is 0. The van der Waals surface area contributed by atoms with Gasteiger partial charge in [0.25, 0.3) is 0 Å². The van der Waals surface area contributed by atoms with E-state index < -0.39 is 6.10 Å². The second-order valence-corrected chi connectivity index (χ2v) is 17.7. The van der Waals surface area contributed by atoms with Crippen molar-refractivity contribution < 1.29 is 28.6 Å². The third-order valence-corrected chi connectivity index (χ3v) is 11.9. The van der Waals surface area contributed by atoms with Gasteiger partial charge in [-0.05, 0) is 25.2 Å². The first-order valence-corrected chi connectivity index (χ1v) is 25.4. The summed E-state index contributed by atoms with van der Waals surface area (Å²) in [6.45, 7) is 8.99. The highest BCUT2D eigenvalue weighted by atomic mass is 16.6. The number of hydrogen-bond donors (Lipinski definition) is 0. The Hall–Kier alpha value is -1.59. The van der Waals surface area contributed by atoms with Crippen molar-refractivity contribution in [1.82, 2.24) is 0 Å². The van der Waals surface area contributed by atoms with Crippen molar-refractivity contribution in [3.8, 4) is 0 Å². The van der Waals surface area contributed by atoms with Crippen LogP contribution in [-0.4, -0.2) is 37.2 Å². The second kappa shape index (κ2) is 45.5. The van der Waals surface area contributed by atoms with Crippen molar-refractivity contribution in [2.45, 2.75) is 291 Å². The molecule has 1 unspecified atom stereocenters. The van der Waals surface area contributed by atoms with Crippen LogP contribution in [-0.2, 0) is 28.6 Å². The summed E-state index contributed by atoms with van der Waals surface area (Å²) in [5.41, 5.74) is 0. The summed E-state index contributed by atoms with van der Waals surface area (Å²) < 4.78 is 16.8. The number of carbonyl (C=O) groups excluding carboxylic acids is 3. The molecule has 0 aromatic heterocycles. The van der Waals surface area contributed by atoms with Gasteiger partial charge in [-0.2, -0.15) is 0 Å². The molecular weight excluding hydrogens is 709 g/mol. The first-order chi connectivity index (χ1) is 27.9. The lowest BCUT2D eigenvalue weighted by molar-refractivity contribution is -0.167. The number of unbranched alkanes of at least 4 members (excludes halogenated alkanes) is 32. The molecule has 0 N–H and O–H groups in total. The normalized spacial score (nSPS) is 12.4. The molecule has 0 saturated carbocycles. The summed E-state index contributed by atoms with van der Waals surface area (Å²) in [5, 5.41) is 0. The summed E-state index contributed by atoms with van der Waals surface area (Å²) in [5.74, 6) is -0.0345. The van der Waals surface area contributed by atoms with Crippen LogP contribution < -0.4 is 0 Å². The quantitative estimate of drug-likeness (QED) is 0.0346. The lowest BCUT2D eigenvalue weighted by Crippen LogP contribution is -2.30. The van der Waals surface area contributed by atoms with Crippen molar-refractivity contribution in [2.24, 2.45) is 5.92 Å². The highest BCUT2D eigenvalue weighted by Crippen LogP contribution is 2.17. The highest BCUT2D eigenvalue weighted by Gasteiger charge is 2.19. The molecule has 0 heterocycles. The standard InChI is InChI=1S/C51H98O6/c1-5-8-10-12-14-16-18-20-21-22-24-25-27-29-34-38-42-49(52)55-45-48(46-56-50(53)43-39-35-32-31-33-37-41-47(4)7-3)57-51(54)44-40-36-30-28-26-23-19-17-15-13-11-9-6-2/h47-48H,5-46H2,1-4H3/t47?,48-/m1/s1. The van der Waals surface area contributed by atoms with Crippen LogP contribution in [0.15, 0.2) is 0 Å². The van der Waals surface area contributed by atoms with Gasteiger partial charge in [0, 0.05) is 19.3 Å². The molecule has 0 bridgehead atoms. The minimum Gasteiger partial charge on any atom is -0.462 e. The fourth-order valence-electron chi connectivity index (χ4n) is 7.66. The van der Waals surface area contributed by atoms with E-state index in [2.05, 4.69) is 27.7 Å². The fraction of sp³-hybridized carbons (Fsp3) is 0.941. The van der Waals surface area contributed by atoms with E-state index in [1.165, 1.54) is 180 Å². The van der Waals surface area contributed by atoms with Gasteiger partial charge < -0.3 is 14.2 Å². The van der Waals surface area contributed by atoms with Crippen molar-refractivity contribution in [3.05, 3.63) is 0 Å². The average Bonchev–Trinajstić information content (AvgIpc) is 3.21. The molecule has 0 aliphatic heterocycles. The molecule has 6 nitrogen and oxygen atoms in total. The Morgan fingerprint density at radius 2 is 0.614 bits per heavy atom. The maximum absolute atomic E-state index is 12.8. The number of esters is 3. The maximum Gasteiger partial charge on any atom is 0.306 e. The Balaban J connectivity index is 4.29. The van der Waals surface area contributed by atoms with E-state index in [1.807, 2.05) is 0 Å².